The molecule has 1 aromatic heterocycles. The quantitative estimate of drug-likeness (QED) is 0.805. The number of aromatic amines is 1. The Bertz CT molecular complexity index is 544. The molecule has 0 aliphatic heterocycles. The van der Waals surface area contributed by atoms with E-state index in [0.29, 0.717) is 12.1 Å². The highest BCUT2D eigenvalue weighted by Gasteiger charge is 2.15. The highest BCUT2D eigenvalue weighted by atomic mass is 16.2. The molecule has 0 spiro atoms. The lowest BCUT2D eigenvalue weighted by Crippen LogP contribution is -2.26. The van der Waals surface area contributed by atoms with Gasteiger partial charge < -0.3 is 10.6 Å². The van der Waals surface area contributed by atoms with E-state index < -0.39 is 0 Å². The van der Waals surface area contributed by atoms with Gasteiger partial charge >= 0.3 is 0 Å². The summed E-state index contributed by atoms with van der Waals surface area (Å²) >= 11 is 0. The number of carbonyl (C=O) groups excluding carboxylic acids is 1. The van der Waals surface area contributed by atoms with Crippen LogP contribution in [-0.4, -0.2) is 28.1 Å². The summed E-state index contributed by atoms with van der Waals surface area (Å²) in [6.45, 7) is 2.38. The molecule has 2 rings (SSSR count). The van der Waals surface area contributed by atoms with Crippen LogP contribution in [-0.2, 0) is 6.54 Å². The van der Waals surface area contributed by atoms with Crippen LogP contribution in [0.2, 0.25) is 0 Å². The molecule has 0 saturated heterocycles. The molecule has 0 aliphatic rings. The predicted octanol–water partition coefficient (Wildman–Crippen LogP) is 1.57. The van der Waals surface area contributed by atoms with Gasteiger partial charge in [0.15, 0.2) is 0 Å². The maximum Gasteiger partial charge on any atom is 0.257 e. The van der Waals surface area contributed by atoms with E-state index in [1.807, 2.05) is 31.2 Å². The van der Waals surface area contributed by atoms with Crippen molar-refractivity contribution in [2.24, 2.45) is 0 Å². The molecule has 0 saturated carbocycles. The average Bonchev–Trinajstić information content (AvgIpc) is 2.77. The summed E-state index contributed by atoms with van der Waals surface area (Å²) in [5, 5.41) is 6.62. The molecule has 0 radical (unpaired) electrons. The molecule has 18 heavy (non-hydrogen) atoms. The van der Waals surface area contributed by atoms with Crippen molar-refractivity contribution < 1.29 is 4.79 Å². The lowest BCUT2D eigenvalue weighted by Gasteiger charge is -2.17. The molecule has 5 heteroatoms. The van der Waals surface area contributed by atoms with Crippen LogP contribution < -0.4 is 5.73 Å². The largest absolute Gasteiger partial charge is 0.399 e. The first kappa shape index (κ1) is 12.2. The number of hydrogen-bond acceptors (Lipinski definition) is 3. The van der Waals surface area contributed by atoms with Crippen molar-refractivity contribution in [1.29, 1.82) is 0 Å². The third kappa shape index (κ3) is 2.51. The van der Waals surface area contributed by atoms with E-state index >= 15 is 0 Å². The van der Waals surface area contributed by atoms with E-state index in [1.165, 1.54) is 0 Å². The molecular weight excluding hydrogens is 228 g/mol. The Morgan fingerprint density at radius 2 is 2.06 bits per heavy atom. The molecule has 0 bridgehead atoms. The number of nitrogen functional groups attached to an aromatic ring is 1. The first-order valence-electron chi connectivity index (χ1n) is 5.68. The van der Waals surface area contributed by atoms with Crippen LogP contribution in [0.3, 0.4) is 0 Å². The average molecular weight is 244 g/mol. The van der Waals surface area contributed by atoms with Crippen molar-refractivity contribution in [3.8, 4) is 0 Å². The topological polar surface area (TPSA) is 75.0 Å². The van der Waals surface area contributed by atoms with Gasteiger partial charge in [0, 0.05) is 25.0 Å². The third-order valence-electron chi connectivity index (χ3n) is 2.81. The van der Waals surface area contributed by atoms with Crippen LogP contribution in [0.1, 0.15) is 21.6 Å². The Morgan fingerprint density at radius 1 is 1.39 bits per heavy atom. The molecule has 3 N–H and O–H groups in total. The third-order valence-corrected chi connectivity index (χ3v) is 2.81. The van der Waals surface area contributed by atoms with E-state index in [4.69, 9.17) is 5.73 Å². The van der Waals surface area contributed by atoms with Crippen molar-refractivity contribution >= 4 is 11.6 Å². The fraction of sp³-hybridized carbons (Fsp3) is 0.231. The Hall–Kier alpha value is -2.30. The number of benzene rings is 1. The second kappa shape index (κ2) is 4.91. The van der Waals surface area contributed by atoms with E-state index in [-0.39, 0.29) is 5.91 Å². The normalized spacial score (nSPS) is 10.3. The van der Waals surface area contributed by atoms with Crippen molar-refractivity contribution in [3.05, 3.63) is 47.3 Å². The van der Waals surface area contributed by atoms with E-state index in [1.54, 1.807) is 18.1 Å². The fourth-order valence-electron chi connectivity index (χ4n) is 1.74. The zero-order valence-corrected chi connectivity index (χ0v) is 10.5. The van der Waals surface area contributed by atoms with Crippen molar-refractivity contribution in [2.75, 3.05) is 12.8 Å². The standard InChI is InChI=1S/C13H16N4O/c1-9-12(7-15-16-9)13(18)17(2)8-10-3-5-11(14)6-4-10/h3-7H,8,14H2,1-2H3,(H,15,16). The molecule has 0 aliphatic carbocycles. The molecule has 1 amide bonds. The lowest BCUT2D eigenvalue weighted by molar-refractivity contribution is 0.0784. The number of rotatable bonds is 3. The maximum absolute atomic E-state index is 12.1. The predicted molar refractivity (Wildman–Crippen MR) is 70.0 cm³/mol. The van der Waals surface area contributed by atoms with Crippen molar-refractivity contribution in [1.82, 2.24) is 15.1 Å². The van der Waals surface area contributed by atoms with Crippen LogP contribution >= 0.6 is 0 Å². The smallest absolute Gasteiger partial charge is 0.257 e. The van der Waals surface area contributed by atoms with Crippen LogP contribution in [0.5, 0.6) is 0 Å². The lowest BCUT2D eigenvalue weighted by atomic mass is 10.2. The number of nitrogens with zero attached hydrogens (tertiary/aromatic N) is 2. The van der Waals surface area contributed by atoms with Crippen molar-refractivity contribution in [3.63, 3.8) is 0 Å². The van der Waals surface area contributed by atoms with E-state index in [9.17, 15) is 4.79 Å². The number of carbonyl (C=O) groups is 1. The maximum atomic E-state index is 12.1. The SMILES string of the molecule is Cc1[nH]ncc1C(=O)N(C)Cc1ccc(N)cc1. The van der Waals surface area contributed by atoms with Gasteiger partial charge in [-0.15, -0.1) is 0 Å². The van der Waals surface area contributed by atoms with Gasteiger partial charge in [0.05, 0.1) is 11.8 Å². The van der Waals surface area contributed by atoms with Gasteiger partial charge in [-0.1, -0.05) is 12.1 Å². The van der Waals surface area contributed by atoms with Crippen LogP contribution in [0.25, 0.3) is 0 Å². The van der Waals surface area contributed by atoms with Gasteiger partial charge in [0.25, 0.3) is 5.91 Å². The van der Waals surface area contributed by atoms with Crippen LogP contribution in [0, 0.1) is 6.92 Å². The second-order valence-electron chi connectivity index (χ2n) is 4.31. The monoisotopic (exact) mass is 244 g/mol. The van der Waals surface area contributed by atoms with Gasteiger partial charge in [0.2, 0.25) is 0 Å². The highest BCUT2D eigenvalue weighted by molar-refractivity contribution is 5.94. The first-order chi connectivity index (χ1) is 8.58. The molecule has 2 aromatic rings. The molecule has 5 nitrogen and oxygen atoms in total. The minimum Gasteiger partial charge on any atom is -0.399 e. The Labute approximate surface area is 106 Å². The summed E-state index contributed by atoms with van der Waals surface area (Å²) in [6, 6.07) is 7.50. The zero-order valence-electron chi connectivity index (χ0n) is 10.5. The van der Waals surface area contributed by atoms with Gasteiger partial charge in [0.1, 0.15) is 0 Å². The van der Waals surface area contributed by atoms with Crippen LogP contribution in [0.15, 0.2) is 30.5 Å². The second-order valence-corrected chi connectivity index (χ2v) is 4.31. The van der Waals surface area contributed by atoms with E-state index in [2.05, 4.69) is 10.2 Å². The van der Waals surface area contributed by atoms with E-state index in [0.717, 1.165) is 16.9 Å². The van der Waals surface area contributed by atoms with Gasteiger partial charge in [-0.05, 0) is 24.6 Å². The minimum absolute atomic E-state index is 0.0434. The summed E-state index contributed by atoms with van der Waals surface area (Å²) < 4.78 is 0. The van der Waals surface area contributed by atoms with Gasteiger partial charge in [-0.25, -0.2) is 0 Å². The highest BCUT2D eigenvalue weighted by Crippen LogP contribution is 2.11. The summed E-state index contributed by atoms with van der Waals surface area (Å²) in [7, 11) is 1.77. The molecule has 94 valence electrons. The number of aryl methyl sites for hydroxylation is 1. The number of hydrogen-bond donors (Lipinski definition) is 2. The van der Waals surface area contributed by atoms with Crippen molar-refractivity contribution in [2.45, 2.75) is 13.5 Å². The number of anilines is 1. The zero-order chi connectivity index (χ0) is 13.1. The Morgan fingerprint density at radius 3 is 2.61 bits per heavy atom. The summed E-state index contributed by atoms with van der Waals surface area (Å²) in [6.07, 6.45) is 1.55. The Balaban J connectivity index is 2.08. The van der Waals surface area contributed by atoms with Gasteiger partial charge in [-0.2, -0.15) is 5.10 Å². The fourth-order valence-corrected chi connectivity index (χ4v) is 1.74. The first-order valence-corrected chi connectivity index (χ1v) is 5.68. The molecule has 1 aromatic carbocycles. The summed E-state index contributed by atoms with van der Waals surface area (Å²) in [5.74, 6) is -0.0434. The molecule has 0 fully saturated rings. The summed E-state index contributed by atoms with van der Waals surface area (Å²) in [4.78, 5) is 13.8. The number of H-pyrrole nitrogens is 1. The molecule has 0 atom stereocenters. The molecule has 1 heterocycles. The number of aromatic nitrogens is 2. The molecular formula is C13H16N4O. The molecule has 0 unspecified atom stereocenters. The van der Waals surface area contributed by atoms with Crippen LogP contribution in [0.4, 0.5) is 5.69 Å². The Kier molecular flexibility index (Phi) is 3.32. The van der Waals surface area contributed by atoms with Gasteiger partial charge in [-0.3, -0.25) is 9.89 Å². The number of nitrogens with one attached hydrogen (secondary N) is 1. The summed E-state index contributed by atoms with van der Waals surface area (Å²) in [5.41, 5.74) is 8.77. The minimum atomic E-state index is -0.0434. The number of amides is 1. The number of nitrogens with two attached hydrogens (primary N) is 1.